The average molecular weight is 352 g/mol. The third-order valence-corrected chi connectivity index (χ3v) is 5.49. The van der Waals surface area contributed by atoms with Crippen LogP contribution in [0.5, 0.6) is 5.75 Å². The Morgan fingerprint density at radius 1 is 1.30 bits per heavy atom. The zero-order valence-electron chi connectivity index (χ0n) is 12.2. The largest absolute Gasteiger partial charge is 0.465 e. The fourth-order valence-corrected chi connectivity index (χ4v) is 4.31. The molecule has 0 atom stereocenters. The Kier molecular flexibility index (Phi) is 3.82. The minimum Gasteiger partial charge on any atom is -0.465 e. The van der Waals surface area contributed by atoms with Crippen LogP contribution in [-0.2, 0) is 21.9 Å². The molecule has 0 aliphatic carbocycles. The monoisotopic (exact) mass is 352 g/mol. The average Bonchev–Trinajstić information content (AvgIpc) is 3.14. The van der Waals surface area contributed by atoms with Crippen molar-refractivity contribution in [1.82, 2.24) is 9.55 Å². The van der Waals surface area contributed by atoms with Crippen molar-refractivity contribution in [2.75, 3.05) is 7.11 Å². The first kappa shape index (κ1) is 15.5. The van der Waals surface area contributed by atoms with Crippen molar-refractivity contribution in [3.8, 4) is 5.75 Å². The molecule has 9 heteroatoms. The maximum Gasteiger partial charge on any atom is 0.349 e. The predicted molar refractivity (Wildman–Crippen MR) is 84.2 cm³/mol. The molecule has 0 spiro atoms. The lowest BCUT2D eigenvalue weighted by Gasteiger charge is -2.07. The number of carbonyl (C=O) groups excluding carboxylic acids is 1. The number of imidazole rings is 1. The van der Waals surface area contributed by atoms with Gasteiger partial charge in [0.05, 0.1) is 24.5 Å². The second-order valence-electron chi connectivity index (χ2n) is 4.65. The summed E-state index contributed by atoms with van der Waals surface area (Å²) in [6.45, 7) is 0. The van der Waals surface area contributed by atoms with Gasteiger partial charge >= 0.3 is 16.1 Å². The van der Waals surface area contributed by atoms with Crippen molar-refractivity contribution in [1.29, 1.82) is 0 Å². The number of esters is 1. The third-order valence-electron chi connectivity index (χ3n) is 3.17. The van der Waals surface area contributed by atoms with E-state index in [1.54, 1.807) is 12.4 Å². The van der Waals surface area contributed by atoms with Crippen LogP contribution in [0.3, 0.4) is 0 Å². The van der Waals surface area contributed by atoms with Crippen LogP contribution in [0.2, 0.25) is 0 Å². The van der Waals surface area contributed by atoms with Gasteiger partial charge in [-0.25, -0.2) is 9.78 Å². The lowest BCUT2D eigenvalue weighted by molar-refractivity contribution is 0.0602. The molecule has 0 aliphatic rings. The molecule has 0 bridgehead atoms. The Bertz CT molecular complexity index is 988. The number of nitrogens with zero attached hydrogens (tertiary/aromatic N) is 2. The number of methoxy groups -OCH3 is 1. The fourth-order valence-electron chi connectivity index (χ4n) is 2.08. The van der Waals surface area contributed by atoms with E-state index in [9.17, 15) is 13.2 Å². The molecule has 2 aromatic heterocycles. The Morgan fingerprint density at radius 3 is 2.83 bits per heavy atom. The molecule has 2 heterocycles. The van der Waals surface area contributed by atoms with Crippen molar-refractivity contribution in [2.24, 2.45) is 7.05 Å². The smallest absolute Gasteiger partial charge is 0.349 e. The number of aryl methyl sites for hydroxylation is 1. The summed E-state index contributed by atoms with van der Waals surface area (Å²) in [5.41, 5.74) is 1.46. The maximum atomic E-state index is 12.4. The van der Waals surface area contributed by atoms with Gasteiger partial charge in [0.1, 0.15) is 15.5 Å². The highest BCUT2D eigenvalue weighted by Gasteiger charge is 2.26. The van der Waals surface area contributed by atoms with Crippen LogP contribution in [-0.4, -0.2) is 31.0 Å². The van der Waals surface area contributed by atoms with Gasteiger partial charge in [-0.3, -0.25) is 0 Å². The molecule has 3 aromatic rings. The molecule has 0 saturated carbocycles. The van der Waals surface area contributed by atoms with E-state index >= 15 is 0 Å². The van der Waals surface area contributed by atoms with Crippen molar-refractivity contribution in [3.05, 3.63) is 40.8 Å². The van der Waals surface area contributed by atoms with Crippen LogP contribution < -0.4 is 4.18 Å². The van der Waals surface area contributed by atoms with E-state index in [0.29, 0.717) is 5.52 Å². The number of ether oxygens (including phenoxy) is 1. The topological polar surface area (TPSA) is 87.5 Å². The summed E-state index contributed by atoms with van der Waals surface area (Å²) in [5.74, 6) is -0.597. The van der Waals surface area contributed by atoms with Crippen molar-refractivity contribution in [2.45, 2.75) is 4.90 Å². The lowest BCUT2D eigenvalue weighted by atomic mass is 10.3. The summed E-state index contributed by atoms with van der Waals surface area (Å²) in [4.78, 5) is 15.5. The highest BCUT2D eigenvalue weighted by Crippen LogP contribution is 2.27. The summed E-state index contributed by atoms with van der Waals surface area (Å²) in [6.07, 6.45) is 1.62. The zero-order chi connectivity index (χ0) is 16.6. The molecule has 3 rings (SSSR count). The van der Waals surface area contributed by atoms with Gasteiger partial charge in [-0.2, -0.15) is 8.42 Å². The zero-order valence-corrected chi connectivity index (χ0v) is 13.8. The Morgan fingerprint density at radius 2 is 2.09 bits per heavy atom. The number of carbonyl (C=O) groups is 1. The molecular weight excluding hydrogens is 340 g/mol. The molecule has 0 radical (unpaired) electrons. The van der Waals surface area contributed by atoms with Gasteiger partial charge in [0.15, 0.2) is 0 Å². The summed E-state index contributed by atoms with van der Waals surface area (Å²) < 4.78 is 36.3. The molecule has 0 amide bonds. The Labute approximate surface area is 136 Å². The first-order valence-electron chi connectivity index (χ1n) is 6.44. The van der Waals surface area contributed by atoms with E-state index in [1.807, 2.05) is 11.6 Å². The van der Waals surface area contributed by atoms with Crippen molar-refractivity contribution >= 4 is 38.5 Å². The Hall–Kier alpha value is -2.39. The molecule has 0 saturated heterocycles. The van der Waals surface area contributed by atoms with Gasteiger partial charge in [-0.15, -0.1) is 11.3 Å². The maximum absolute atomic E-state index is 12.4. The number of benzene rings is 1. The quantitative estimate of drug-likeness (QED) is 0.528. The SMILES string of the molecule is COC(=O)c1sccc1S(=O)(=O)Oc1ccc2c(c1)ncn2C. The van der Waals surface area contributed by atoms with E-state index in [4.69, 9.17) is 4.18 Å². The van der Waals surface area contributed by atoms with Gasteiger partial charge in [0.2, 0.25) is 0 Å². The minimum atomic E-state index is -4.14. The predicted octanol–water partition coefficient (Wildman–Crippen LogP) is 2.19. The Balaban J connectivity index is 1.97. The highest BCUT2D eigenvalue weighted by molar-refractivity contribution is 7.87. The second kappa shape index (κ2) is 5.67. The number of hydrogen-bond acceptors (Lipinski definition) is 7. The van der Waals surface area contributed by atoms with Crippen LogP contribution in [0.1, 0.15) is 9.67 Å². The van der Waals surface area contributed by atoms with Crippen molar-refractivity contribution < 1.29 is 22.1 Å². The first-order valence-corrected chi connectivity index (χ1v) is 8.72. The van der Waals surface area contributed by atoms with Gasteiger partial charge in [-0.05, 0) is 23.6 Å². The van der Waals surface area contributed by atoms with Gasteiger partial charge in [-0.1, -0.05) is 0 Å². The van der Waals surface area contributed by atoms with E-state index in [1.165, 1.54) is 30.7 Å². The van der Waals surface area contributed by atoms with E-state index < -0.39 is 16.1 Å². The molecule has 1 aromatic carbocycles. The molecule has 0 N–H and O–H groups in total. The lowest BCUT2D eigenvalue weighted by Crippen LogP contribution is -2.13. The summed E-state index contributed by atoms with van der Waals surface area (Å²) in [5, 5.41) is 1.49. The van der Waals surface area contributed by atoms with E-state index in [2.05, 4.69) is 9.72 Å². The summed E-state index contributed by atoms with van der Waals surface area (Å²) >= 11 is 0.976. The van der Waals surface area contributed by atoms with Crippen LogP contribution in [0.25, 0.3) is 11.0 Å². The van der Waals surface area contributed by atoms with Crippen LogP contribution in [0, 0.1) is 0 Å². The van der Waals surface area contributed by atoms with Gasteiger partial charge in [0, 0.05) is 13.1 Å². The number of rotatable bonds is 4. The second-order valence-corrected chi connectivity index (χ2v) is 7.08. The molecule has 23 heavy (non-hydrogen) atoms. The van der Waals surface area contributed by atoms with Crippen LogP contribution in [0.4, 0.5) is 0 Å². The van der Waals surface area contributed by atoms with E-state index in [0.717, 1.165) is 16.9 Å². The number of hydrogen-bond donors (Lipinski definition) is 0. The number of thiophene rings is 1. The van der Waals surface area contributed by atoms with Crippen LogP contribution >= 0.6 is 11.3 Å². The summed E-state index contributed by atoms with van der Waals surface area (Å²) in [6, 6.07) is 6.08. The molecule has 0 fully saturated rings. The number of aromatic nitrogens is 2. The molecule has 7 nitrogen and oxygen atoms in total. The first-order chi connectivity index (χ1) is 10.9. The normalized spacial score (nSPS) is 11.6. The standard InChI is InChI=1S/C14H12N2O5S2/c1-16-8-15-10-7-9(3-4-11(10)16)21-23(18,19)12-5-6-22-13(12)14(17)20-2/h3-8H,1-2H3. The minimum absolute atomic E-state index is 0.0218. The fraction of sp³-hybridized carbons (Fsp3) is 0.143. The molecule has 0 unspecified atom stereocenters. The van der Waals surface area contributed by atoms with Crippen molar-refractivity contribution in [3.63, 3.8) is 0 Å². The molecule has 0 aliphatic heterocycles. The highest BCUT2D eigenvalue weighted by atomic mass is 32.2. The van der Waals surface area contributed by atoms with Gasteiger partial charge < -0.3 is 13.5 Å². The van der Waals surface area contributed by atoms with Gasteiger partial charge in [0.25, 0.3) is 0 Å². The van der Waals surface area contributed by atoms with E-state index in [-0.39, 0.29) is 15.5 Å². The van der Waals surface area contributed by atoms with Crippen LogP contribution in [0.15, 0.2) is 40.9 Å². The number of fused-ring (bicyclic) bond motifs is 1. The third kappa shape index (κ3) is 2.80. The molecular formula is C14H12N2O5S2. The molecule has 120 valence electrons. The summed E-state index contributed by atoms with van der Waals surface area (Å²) in [7, 11) is -1.12.